The first-order valence-electron chi connectivity index (χ1n) is 10.2. The molecule has 0 saturated carbocycles. The van der Waals surface area contributed by atoms with Crippen molar-refractivity contribution in [1.82, 2.24) is 4.31 Å². The lowest BCUT2D eigenvalue weighted by Gasteiger charge is -2.24. The highest BCUT2D eigenvalue weighted by Gasteiger charge is 2.25. The van der Waals surface area contributed by atoms with E-state index in [2.05, 4.69) is 31.8 Å². The molecule has 0 bridgehead atoms. The zero-order valence-electron chi connectivity index (χ0n) is 18.2. The molecule has 3 rings (SSSR count). The molecule has 0 amide bonds. The summed E-state index contributed by atoms with van der Waals surface area (Å²) in [5, 5.41) is 0. The zero-order chi connectivity index (χ0) is 21.7. The summed E-state index contributed by atoms with van der Waals surface area (Å²) in [6.07, 6.45) is 3.86. The summed E-state index contributed by atoms with van der Waals surface area (Å²) in [4.78, 5) is 0.310. The minimum atomic E-state index is -3.64. The van der Waals surface area contributed by atoms with Crippen LogP contribution in [0.5, 0.6) is 0 Å². The van der Waals surface area contributed by atoms with E-state index in [0.29, 0.717) is 11.4 Å². The van der Waals surface area contributed by atoms with Gasteiger partial charge in [-0.3, -0.25) is 0 Å². The Morgan fingerprint density at radius 3 is 2.07 bits per heavy atom. The molecule has 0 radical (unpaired) electrons. The van der Waals surface area contributed by atoms with Crippen molar-refractivity contribution in [3.8, 4) is 11.8 Å². The monoisotopic (exact) mass is 419 g/mol. The lowest BCUT2D eigenvalue weighted by atomic mass is 9.93. The average molecular weight is 420 g/mol. The first kappa shape index (κ1) is 22.1. The molecular weight excluding hydrogens is 390 g/mol. The highest BCUT2D eigenvalue weighted by atomic mass is 32.2. The fraction of sp³-hybridized carbons (Fsp3) is 0.308. The van der Waals surface area contributed by atoms with Gasteiger partial charge in [-0.1, -0.05) is 70.0 Å². The van der Waals surface area contributed by atoms with Crippen LogP contribution in [0.2, 0.25) is 0 Å². The Bertz CT molecular complexity index is 1130. The number of hydrogen-bond acceptors (Lipinski definition) is 2. The topological polar surface area (TPSA) is 37.4 Å². The molecule has 2 aromatic carbocycles. The van der Waals surface area contributed by atoms with Gasteiger partial charge in [0.15, 0.2) is 0 Å². The number of nitrogens with zero attached hydrogens (tertiary/aromatic N) is 1. The molecule has 0 aromatic heterocycles. The lowest BCUT2D eigenvalue weighted by Crippen LogP contribution is -2.33. The van der Waals surface area contributed by atoms with E-state index in [-0.39, 0.29) is 6.54 Å². The van der Waals surface area contributed by atoms with E-state index in [9.17, 15) is 8.42 Å². The number of hydrogen-bond donors (Lipinski definition) is 0. The summed E-state index contributed by atoms with van der Waals surface area (Å²) < 4.78 is 28.2. The Balaban J connectivity index is 1.86. The van der Waals surface area contributed by atoms with Gasteiger partial charge in [0.1, 0.15) is 0 Å². The van der Waals surface area contributed by atoms with E-state index in [0.717, 1.165) is 29.5 Å². The molecule has 0 fully saturated rings. The smallest absolute Gasteiger partial charge is 0.207 e. The second kappa shape index (κ2) is 9.47. The van der Waals surface area contributed by atoms with Gasteiger partial charge in [0, 0.05) is 12.1 Å². The number of rotatable bonds is 5. The van der Waals surface area contributed by atoms with E-state index >= 15 is 0 Å². The van der Waals surface area contributed by atoms with E-state index in [1.54, 1.807) is 12.1 Å². The molecular formula is C26H29NO2S. The van der Waals surface area contributed by atoms with Crippen LogP contribution in [-0.4, -0.2) is 25.8 Å². The third-order valence-electron chi connectivity index (χ3n) is 5.50. The minimum absolute atomic E-state index is 0.156. The predicted molar refractivity (Wildman–Crippen MR) is 124 cm³/mol. The van der Waals surface area contributed by atoms with E-state index in [4.69, 9.17) is 0 Å². The Kier molecular flexibility index (Phi) is 6.97. The lowest BCUT2D eigenvalue weighted by molar-refractivity contribution is 0.467. The van der Waals surface area contributed by atoms with Gasteiger partial charge in [-0.2, -0.15) is 4.31 Å². The number of aryl methyl sites for hydroxylation is 2. The van der Waals surface area contributed by atoms with Crippen LogP contribution in [0.4, 0.5) is 0 Å². The second-order valence-corrected chi connectivity index (χ2v) is 10.00. The van der Waals surface area contributed by atoms with Crippen molar-refractivity contribution in [3.05, 3.63) is 88.0 Å². The number of allylic oxidation sites excluding steroid dienone is 3. The molecule has 0 saturated heterocycles. The fourth-order valence-corrected chi connectivity index (χ4v) is 4.68. The van der Waals surface area contributed by atoms with Crippen LogP contribution in [0.3, 0.4) is 0 Å². The first-order chi connectivity index (χ1) is 14.3. The molecule has 0 spiro atoms. The van der Waals surface area contributed by atoms with E-state index < -0.39 is 10.0 Å². The van der Waals surface area contributed by atoms with Crippen LogP contribution < -0.4 is 0 Å². The molecule has 30 heavy (non-hydrogen) atoms. The second-order valence-electron chi connectivity index (χ2n) is 8.06. The molecule has 0 unspecified atom stereocenters. The fourth-order valence-electron chi connectivity index (χ4n) is 3.33. The van der Waals surface area contributed by atoms with E-state index in [1.165, 1.54) is 21.0 Å². The van der Waals surface area contributed by atoms with Gasteiger partial charge < -0.3 is 0 Å². The molecule has 1 aliphatic carbocycles. The van der Waals surface area contributed by atoms with Crippen molar-refractivity contribution in [3.63, 3.8) is 0 Å². The molecule has 4 heteroatoms. The van der Waals surface area contributed by atoms with Crippen LogP contribution in [0, 0.1) is 25.7 Å². The SMILES string of the molecule is CC1=C(C)CC(CN(CC#Cc2ccc(C)cc2)S(=O)(=O)c2ccc(C)cc2)=CC1. The molecule has 156 valence electrons. The molecule has 2 aromatic rings. The number of benzene rings is 2. The largest absolute Gasteiger partial charge is 0.244 e. The van der Waals surface area contributed by atoms with Crippen molar-refractivity contribution in [2.75, 3.05) is 13.1 Å². The van der Waals surface area contributed by atoms with Crippen molar-refractivity contribution in [1.29, 1.82) is 0 Å². The zero-order valence-corrected chi connectivity index (χ0v) is 19.0. The predicted octanol–water partition coefficient (Wildman–Crippen LogP) is 5.40. The highest BCUT2D eigenvalue weighted by Crippen LogP contribution is 2.26. The van der Waals surface area contributed by atoms with Gasteiger partial charge in [-0.25, -0.2) is 8.42 Å². The van der Waals surface area contributed by atoms with Gasteiger partial charge in [0.25, 0.3) is 0 Å². The third-order valence-corrected chi connectivity index (χ3v) is 7.30. The Morgan fingerprint density at radius 1 is 0.867 bits per heavy atom. The van der Waals surface area contributed by atoms with Crippen LogP contribution in [0.25, 0.3) is 0 Å². The quantitative estimate of drug-likeness (QED) is 0.480. The van der Waals surface area contributed by atoms with E-state index in [1.807, 2.05) is 50.2 Å². The summed E-state index contributed by atoms with van der Waals surface area (Å²) in [5.74, 6) is 6.18. The maximum atomic E-state index is 13.4. The van der Waals surface area contributed by atoms with Crippen LogP contribution in [0.1, 0.15) is 43.4 Å². The maximum Gasteiger partial charge on any atom is 0.244 e. The standard InChI is InChI=1S/C26H29NO2S/c1-20-7-12-24(13-8-20)6-5-17-27(19-25-14-11-22(3)23(4)18-25)30(28,29)26-15-9-21(2)10-16-26/h7-10,12-16H,11,17-19H2,1-4H3. The Hall–Kier alpha value is -2.61. The summed E-state index contributed by atoms with van der Waals surface area (Å²) in [7, 11) is -3.64. The molecule has 0 N–H and O–H groups in total. The van der Waals surface area contributed by atoms with Crippen molar-refractivity contribution < 1.29 is 8.42 Å². The summed E-state index contributed by atoms with van der Waals surface area (Å²) in [6.45, 7) is 8.76. The molecule has 0 aliphatic heterocycles. The normalized spacial score (nSPS) is 14.4. The van der Waals surface area contributed by atoms with Gasteiger partial charge >= 0.3 is 0 Å². The van der Waals surface area contributed by atoms with Crippen LogP contribution in [0.15, 0.2) is 76.2 Å². The Morgan fingerprint density at radius 2 is 1.47 bits per heavy atom. The maximum absolute atomic E-state index is 13.4. The van der Waals surface area contributed by atoms with Crippen molar-refractivity contribution in [2.24, 2.45) is 0 Å². The average Bonchev–Trinajstić information content (AvgIpc) is 2.71. The summed E-state index contributed by atoms with van der Waals surface area (Å²) in [6, 6.07) is 15.0. The summed E-state index contributed by atoms with van der Waals surface area (Å²) >= 11 is 0. The van der Waals surface area contributed by atoms with Crippen LogP contribution in [-0.2, 0) is 10.0 Å². The van der Waals surface area contributed by atoms with Gasteiger partial charge in [0.05, 0.1) is 11.4 Å². The van der Waals surface area contributed by atoms with Crippen molar-refractivity contribution in [2.45, 2.75) is 45.4 Å². The van der Waals surface area contributed by atoms with Gasteiger partial charge in [-0.05, 0) is 64.8 Å². The molecule has 0 heterocycles. The Labute approximate surface area is 181 Å². The summed E-state index contributed by atoms with van der Waals surface area (Å²) in [5.41, 5.74) is 6.92. The molecule has 0 atom stereocenters. The van der Waals surface area contributed by atoms with Gasteiger partial charge in [-0.15, -0.1) is 0 Å². The first-order valence-corrected chi connectivity index (χ1v) is 11.6. The third kappa shape index (κ3) is 5.50. The highest BCUT2D eigenvalue weighted by molar-refractivity contribution is 7.89. The van der Waals surface area contributed by atoms with Crippen molar-refractivity contribution >= 4 is 10.0 Å². The van der Waals surface area contributed by atoms with Crippen LogP contribution >= 0.6 is 0 Å². The van der Waals surface area contributed by atoms with Gasteiger partial charge in [0.2, 0.25) is 10.0 Å². The molecule has 3 nitrogen and oxygen atoms in total. The number of sulfonamides is 1. The minimum Gasteiger partial charge on any atom is -0.207 e. The molecule has 1 aliphatic rings.